The molecule has 1 aromatic heterocycles. The molecule has 3 aromatic carbocycles. The third kappa shape index (κ3) is 4.21. The van der Waals surface area contributed by atoms with E-state index in [1.54, 1.807) is 16.8 Å². The molecule has 0 unspecified atom stereocenters. The van der Waals surface area contributed by atoms with Gasteiger partial charge in [-0.25, -0.2) is 9.07 Å². The molecule has 0 atom stereocenters. The van der Waals surface area contributed by atoms with E-state index < -0.39 is 0 Å². The predicted molar refractivity (Wildman–Crippen MR) is 115 cm³/mol. The molecule has 0 aliphatic carbocycles. The zero-order valence-corrected chi connectivity index (χ0v) is 17.2. The van der Waals surface area contributed by atoms with E-state index in [9.17, 15) is 4.39 Å². The van der Waals surface area contributed by atoms with Crippen LogP contribution >= 0.6 is 11.6 Å². The Kier molecular flexibility index (Phi) is 6.09. The molecular formula is C22H21ClFN5O. The van der Waals surface area contributed by atoms with Crippen molar-refractivity contribution in [1.29, 1.82) is 0 Å². The number of hydrogen-bond acceptors (Lipinski definition) is 5. The van der Waals surface area contributed by atoms with Crippen molar-refractivity contribution in [2.75, 3.05) is 5.32 Å². The third-order valence-electron chi connectivity index (χ3n) is 4.82. The van der Waals surface area contributed by atoms with E-state index in [-0.39, 0.29) is 12.4 Å². The summed E-state index contributed by atoms with van der Waals surface area (Å²) in [7, 11) is 0. The number of anilines is 1. The first-order valence-corrected chi connectivity index (χ1v) is 10.1. The smallest absolute Gasteiger partial charge is 0.243 e. The van der Waals surface area contributed by atoms with Crippen LogP contribution in [-0.4, -0.2) is 20.2 Å². The van der Waals surface area contributed by atoms with Crippen LogP contribution in [0, 0.1) is 5.82 Å². The van der Waals surface area contributed by atoms with E-state index >= 15 is 0 Å². The summed E-state index contributed by atoms with van der Waals surface area (Å²) in [6, 6.07) is 16.5. The summed E-state index contributed by atoms with van der Waals surface area (Å²) in [6.45, 7) is 3.27. The van der Waals surface area contributed by atoms with E-state index in [0.717, 1.165) is 29.3 Å². The highest BCUT2D eigenvalue weighted by Gasteiger charge is 2.14. The van der Waals surface area contributed by atoms with Gasteiger partial charge in [0, 0.05) is 24.2 Å². The first-order valence-electron chi connectivity index (χ1n) is 9.73. The van der Waals surface area contributed by atoms with E-state index in [1.165, 1.54) is 6.07 Å². The summed E-state index contributed by atoms with van der Waals surface area (Å²) in [5.41, 5.74) is 1.27. The highest BCUT2D eigenvalue weighted by atomic mass is 35.5. The van der Waals surface area contributed by atoms with E-state index in [0.29, 0.717) is 28.8 Å². The number of aryl methyl sites for hydroxylation is 1. The molecule has 154 valence electrons. The van der Waals surface area contributed by atoms with E-state index in [4.69, 9.17) is 16.3 Å². The zero-order chi connectivity index (χ0) is 20.9. The standard InChI is InChI=1S/C22H21ClFN5O/c1-2-12-29-22(26-27-28-29)25-13-17-16-7-4-3-6-15(16)10-11-21(17)30-14-18-19(23)8-5-9-20(18)24/h3-11H,2,12-14H2,1H3,(H,25,26,28). The van der Waals surface area contributed by atoms with Crippen molar-refractivity contribution >= 4 is 28.3 Å². The van der Waals surface area contributed by atoms with Crippen LogP contribution in [-0.2, 0) is 19.7 Å². The highest BCUT2D eigenvalue weighted by molar-refractivity contribution is 6.31. The maximum Gasteiger partial charge on any atom is 0.243 e. The number of halogens is 2. The van der Waals surface area contributed by atoms with Crippen LogP contribution < -0.4 is 10.1 Å². The average molecular weight is 426 g/mol. The first kappa shape index (κ1) is 20.1. The van der Waals surface area contributed by atoms with Gasteiger partial charge >= 0.3 is 0 Å². The number of hydrogen-bond donors (Lipinski definition) is 1. The SMILES string of the molecule is CCCn1nnnc1NCc1c(OCc2c(F)cccc2Cl)ccc2ccccc12. The minimum atomic E-state index is -0.387. The lowest BCUT2D eigenvalue weighted by atomic mass is 10.0. The summed E-state index contributed by atoms with van der Waals surface area (Å²) in [4.78, 5) is 0. The number of benzene rings is 3. The van der Waals surface area contributed by atoms with Crippen LogP contribution in [0.1, 0.15) is 24.5 Å². The van der Waals surface area contributed by atoms with Gasteiger partial charge in [-0.15, -0.1) is 0 Å². The Hall–Kier alpha value is -3.19. The lowest BCUT2D eigenvalue weighted by molar-refractivity contribution is 0.297. The fraction of sp³-hybridized carbons (Fsp3) is 0.227. The zero-order valence-electron chi connectivity index (χ0n) is 16.5. The van der Waals surface area contributed by atoms with Crippen LogP contribution in [0.2, 0.25) is 5.02 Å². The number of ether oxygens (including phenoxy) is 1. The summed E-state index contributed by atoms with van der Waals surface area (Å²) >= 11 is 6.15. The van der Waals surface area contributed by atoms with Crippen molar-refractivity contribution in [2.45, 2.75) is 33.0 Å². The summed E-state index contributed by atoms with van der Waals surface area (Å²) in [5, 5.41) is 17.6. The molecule has 0 aliphatic heterocycles. The van der Waals surface area contributed by atoms with Gasteiger partial charge in [-0.2, -0.15) is 0 Å². The summed E-state index contributed by atoms with van der Waals surface area (Å²) in [5.74, 6) is 0.852. The minimum Gasteiger partial charge on any atom is -0.488 e. The minimum absolute atomic E-state index is 0.0322. The van der Waals surface area contributed by atoms with E-state index in [2.05, 4.69) is 27.8 Å². The van der Waals surface area contributed by atoms with Crippen molar-refractivity contribution in [2.24, 2.45) is 0 Å². The molecule has 0 aliphatic rings. The van der Waals surface area contributed by atoms with Crippen LogP contribution in [0.3, 0.4) is 0 Å². The maximum atomic E-state index is 14.2. The van der Waals surface area contributed by atoms with Gasteiger partial charge in [-0.3, -0.25) is 0 Å². The number of tetrazole rings is 1. The number of fused-ring (bicyclic) bond motifs is 1. The molecule has 0 saturated heterocycles. The van der Waals surface area contributed by atoms with Crippen LogP contribution in [0.15, 0.2) is 54.6 Å². The first-order chi connectivity index (χ1) is 14.7. The van der Waals surface area contributed by atoms with Gasteiger partial charge in [-0.1, -0.05) is 60.0 Å². The number of nitrogens with zero attached hydrogens (tertiary/aromatic N) is 4. The van der Waals surface area contributed by atoms with Crippen LogP contribution in [0.4, 0.5) is 10.3 Å². The molecule has 0 radical (unpaired) electrons. The number of rotatable bonds is 8. The van der Waals surface area contributed by atoms with Gasteiger partial charge < -0.3 is 10.1 Å². The fourth-order valence-electron chi connectivity index (χ4n) is 3.31. The number of aromatic nitrogens is 4. The van der Waals surface area contributed by atoms with Gasteiger partial charge in [0.05, 0.1) is 5.02 Å². The quantitative estimate of drug-likeness (QED) is 0.419. The normalized spacial score (nSPS) is 11.0. The molecular weight excluding hydrogens is 405 g/mol. The second kappa shape index (κ2) is 9.09. The molecule has 4 aromatic rings. The molecule has 6 nitrogen and oxygen atoms in total. The highest BCUT2D eigenvalue weighted by Crippen LogP contribution is 2.30. The molecule has 30 heavy (non-hydrogen) atoms. The van der Waals surface area contributed by atoms with Gasteiger partial charge in [-0.05, 0) is 45.8 Å². The second-order valence-electron chi connectivity index (χ2n) is 6.83. The van der Waals surface area contributed by atoms with Gasteiger partial charge in [0.25, 0.3) is 0 Å². The Morgan fingerprint density at radius 2 is 1.93 bits per heavy atom. The lowest BCUT2D eigenvalue weighted by Gasteiger charge is -2.16. The van der Waals surface area contributed by atoms with Crippen molar-refractivity contribution in [1.82, 2.24) is 20.2 Å². The van der Waals surface area contributed by atoms with Crippen molar-refractivity contribution in [3.8, 4) is 5.75 Å². The fourth-order valence-corrected chi connectivity index (χ4v) is 3.53. The van der Waals surface area contributed by atoms with E-state index in [1.807, 2.05) is 36.4 Å². The van der Waals surface area contributed by atoms with Crippen LogP contribution in [0.25, 0.3) is 10.8 Å². The van der Waals surface area contributed by atoms with Crippen molar-refractivity contribution in [3.05, 3.63) is 76.6 Å². The molecule has 0 amide bonds. The number of nitrogens with one attached hydrogen (secondary N) is 1. The Bertz CT molecular complexity index is 1140. The van der Waals surface area contributed by atoms with Crippen molar-refractivity contribution < 1.29 is 9.13 Å². The molecule has 0 saturated carbocycles. The largest absolute Gasteiger partial charge is 0.488 e. The van der Waals surface area contributed by atoms with Crippen LogP contribution in [0.5, 0.6) is 5.75 Å². The Morgan fingerprint density at radius 3 is 2.77 bits per heavy atom. The maximum absolute atomic E-state index is 14.2. The second-order valence-corrected chi connectivity index (χ2v) is 7.24. The van der Waals surface area contributed by atoms with Gasteiger partial charge in [0.15, 0.2) is 0 Å². The molecule has 4 rings (SSSR count). The van der Waals surface area contributed by atoms with Crippen molar-refractivity contribution in [3.63, 3.8) is 0 Å². The molecule has 0 bridgehead atoms. The Labute approximate surface area is 178 Å². The summed E-state index contributed by atoms with van der Waals surface area (Å²) in [6.07, 6.45) is 0.922. The third-order valence-corrected chi connectivity index (χ3v) is 5.18. The Morgan fingerprint density at radius 1 is 1.07 bits per heavy atom. The Balaban J connectivity index is 1.63. The predicted octanol–water partition coefficient (Wildman–Crippen LogP) is 5.22. The molecule has 1 heterocycles. The monoisotopic (exact) mass is 425 g/mol. The van der Waals surface area contributed by atoms with Gasteiger partial charge in [0.2, 0.25) is 5.95 Å². The molecule has 0 spiro atoms. The molecule has 1 N–H and O–H groups in total. The topological polar surface area (TPSA) is 64.9 Å². The van der Waals surface area contributed by atoms with Gasteiger partial charge in [0.1, 0.15) is 18.2 Å². The molecule has 0 fully saturated rings. The average Bonchev–Trinajstić information content (AvgIpc) is 3.19. The lowest BCUT2D eigenvalue weighted by Crippen LogP contribution is -2.10. The molecule has 8 heteroatoms. The summed E-state index contributed by atoms with van der Waals surface area (Å²) < 4.78 is 21.9.